The summed E-state index contributed by atoms with van der Waals surface area (Å²) in [6.07, 6.45) is 3.72. The molecule has 0 atom stereocenters. The molecule has 8 heteroatoms. The van der Waals surface area contributed by atoms with Crippen molar-refractivity contribution in [3.8, 4) is 5.75 Å². The van der Waals surface area contributed by atoms with Gasteiger partial charge in [-0.1, -0.05) is 11.6 Å². The summed E-state index contributed by atoms with van der Waals surface area (Å²) in [7, 11) is 0. The minimum atomic E-state index is -0.435. The van der Waals surface area contributed by atoms with Gasteiger partial charge in [-0.2, -0.15) is 0 Å². The molecule has 2 amide bonds. The summed E-state index contributed by atoms with van der Waals surface area (Å²) in [6.45, 7) is 2.29. The average Bonchev–Trinajstić information content (AvgIpc) is 2.58. The van der Waals surface area contributed by atoms with Gasteiger partial charge in [0.2, 0.25) is 5.91 Å². The number of nitrogens with one attached hydrogen (secondary N) is 2. The molecule has 2 rings (SSSR count). The minimum Gasteiger partial charge on any atom is -0.493 e. The van der Waals surface area contributed by atoms with Crippen molar-refractivity contribution in [2.45, 2.75) is 19.8 Å². The van der Waals surface area contributed by atoms with Crippen molar-refractivity contribution in [1.29, 1.82) is 0 Å². The molecule has 0 saturated heterocycles. The zero-order valence-electron chi connectivity index (χ0n) is 13.5. The number of carbonyl (C=O) groups excluding carboxylic acids is 2. The number of carbonyl (C=O) groups is 2. The Hall–Kier alpha value is -2.12. The van der Waals surface area contributed by atoms with Gasteiger partial charge >= 0.3 is 0 Å². The van der Waals surface area contributed by atoms with Gasteiger partial charge in [0.25, 0.3) is 5.91 Å². The van der Waals surface area contributed by atoms with Crippen LogP contribution in [0.15, 0.2) is 41.1 Å². The normalized spacial score (nSPS) is 10.2. The second-order valence-electron chi connectivity index (χ2n) is 5.26. The van der Waals surface area contributed by atoms with E-state index < -0.39 is 5.91 Å². The third kappa shape index (κ3) is 6.36. The lowest BCUT2D eigenvalue weighted by Gasteiger charge is -2.10. The largest absolute Gasteiger partial charge is 0.493 e. The number of ether oxygens (including phenoxy) is 1. The Kier molecular flexibility index (Phi) is 7.21. The summed E-state index contributed by atoms with van der Waals surface area (Å²) in [5.41, 5.74) is 5.99. The molecule has 0 bridgehead atoms. The lowest BCUT2D eigenvalue weighted by atomic mass is 10.2. The number of amides is 2. The van der Waals surface area contributed by atoms with Crippen molar-refractivity contribution in [3.63, 3.8) is 0 Å². The highest BCUT2D eigenvalue weighted by atomic mass is 79.9. The maximum Gasteiger partial charge on any atom is 0.271 e. The Morgan fingerprint density at radius 3 is 2.76 bits per heavy atom. The molecule has 0 fully saturated rings. The van der Waals surface area contributed by atoms with Crippen molar-refractivity contribution in [2.75, 3.05) is 6.61 Å². The van der Waals surface area contributed by atoms with Crippen LogP contribution < -0.4 is 15.6 Å². The quantitative estimate of drug-likeness (QED) is 0.548. The van der Waals surface area contributed by atoms with Crippen molar-refractivity contribution in [1.82, 2.24) is 15.8 Å². The van der Waals surface area contributed by atoms with Gasteiger partial charge in [0, 0.05) is 28.3 Å². The number of hydrogen-bond acceptors (Lipinski definition) is 4. The zero-order valence-corrected chi connectivity index (χ0v) is 15.9. The maximum atomic E-state index is 11.9. The molecule has 0 unspecified atom stereocenters. The third-order valence-corrected chi connectivity index (χ3v) is 3.89. The minimum absolute atomic E-state index is 0.226. The maximum absolute atomic E-state index is 11.9. The molecule has 0 saturated carbocycles. The standard InChI is InChI=1S/C17H17BrClN3O3/c1-11-7-14(19)4-5-15(11)25-6-2-3-16(23)21-22-17(24)12-8-13(18)10-20-9-12/h4-5,7-10H,2-3,6H2,1H3,(H,21,23)(H,22,24). The summed E-state index contributed by atoms with van der Waals surface area (Å²) in [5, 5.41) is 0.653. The van der Waals surface area contributed by atoms with E-state index in [0.717, 1.165) is 11.3 Å². The number of benzene rings is 1. The van der Waals surface area contributed by atoms with Gasteiger partial charge in [-0.15, -0.1) is 0 Å². The van der Waals surface area contributed by atoms with Gasteiger partial charge in [-0.25, -0.2) is 0 Å². The summed E-state index contributed by atoms with van der Waals surface area (Å²) in [6, 6.07) is 6.97. The van der Waals surface area contributed by atoms with Gasteiger partial charge in [0.05, 0.1) is 12.2 Å². The van der Waals surface area contributed by atoms with E-state index in [2.05, 4.69) is 31.8 Å². The third-order valence-electron chi connectivity index (χ3n) is 3.23. The molecule has 1 heterocycles. The van der Waals surface area contributed by atoms with Crippen LogP contribution in [-0.2, 0) is 4.79 Å². The van der Waals surface area contributed by atoms with E-state index in [-0.39, 0.29) is 12.3 Å². The van der Waals surface area contributed by atoms with Crippen LogP contribution in [0.2, 0.25) is 5.02 Å². The Bertz CT molecular complexity index is 771. The lowest BCUT2D eigenvalue weighted by molar-refractivity contribution is -0.122. The second kappa shape index (κ2) is 9.39. The fourth-order valence-electron chi connectivity index (χ4n) is 1.99. The van der Waals surface area contributed by atoms with Gasteiger partial charge < -0.3 is 4.74 Å². The van der Waals surface area contributed by atoms with Crippen molar-refractivity contribution in [2.24, 2.45) is 0 Å². The summed E-state index contributed by atoms with van der Waals surface area (Å²) >= 11 is 9.11. The number of pyridine rings is 1. The number of nitrogens with zero attached hydrogens (tertiary/aromatic N) is 1. The van der Waals surface area contributed by atoms with Crippen LogP contribution in [0.1, 0.15) is 28.8 Å². The molecule has 0 spiro atoms. The molecule has 132 valence electrons. The first-order chi connectivity index (χ1) is 12.0. The highest BCUT2D eigenvalue weighted by molar-refractivity contribution is 9.10. The number of halogens is 2. The summed E-state index contributed by atoms with van der Waals surface area (Å²) in [4.78, 5) is 27.5. The Balaban J connectivity index is 1.68. The number of aromatic nitrogens is 1. The summed E-state index contributed by atoms with van der Waals surface area (Å²) in [5.74, 6) is 0.00295. The smallest absolute Gasteiger partial charge is 0.271 e. The van der Waals surface area contributed by atoms with E-state index in [1.165, 1.54) is 6.20 Å². The van der Waals surface area contributed by atoms with Gasteiger partial charge in [-0.3, -0.25) is 25.4 Å². The monoisotopic (exact) mass is 425 g/mol. The van der Waals surface area contributed by atoms with Crippen molar-refractivity contribution in [3.05, 3.63) is 57.3 Å². The lowest BCUT2D eigenvalue weighted by Crippen LogP contribution is -2.41. The van der Waals surface area contributed by atoms with E-state index in [9.17, 15) is 9.59 Å². The fraction of sp³-hybridized carbons (Fsp3) is 0.235. The summed E-state index contributed by atoms with van der Waals surface area (Å²) < 4.78 is 6.29. The highest BCUT2D eigenvalue weighted by Crippen LogP contribution is 2.21. The molecule has 6 nitrogen and oxygen atoms in total. The number of hydrogen-bond donors (Lipinski definition) is 2. The molecule has 0 aliphatic rings. The van der Waals surface area contributed by atoms with E-state index in [0.29, 0.717) is 28.1 Å². The molecule has 0 radical (unpaired) electrons. The predicted molar refractivity (Wildman–Crippen MR) is 98.5 cm³/mol. The average molecular weight is 427 g/mol. The van der Waals surface area contributed by atoms with E-state index in [1.807, 2.05) is 13.0 Å². The Morgan fingerprint density at radius 2 is 2.04 bits per heavy atom. The van der Waals surface area contributed by atoms with Crippen LogP contribution in [0.25, 0.3) is 0 Å². The second-order valence-corrected chi connectivity index (χ2v) is 6.61. The molecule has 1 aromatic carbocycles. The van der Waals surface area contributed by atoms with Crippen LogP contribution >= 0.6 is 27.5 Å². The van der Waals surface area contributed by atoms with Gasteiger partial charge in [-0.05, 0) is 59.1 Å². The molecular weight excluding hydrogens is 410 g/mol. The van der Waals surface area contributed by atoms with Gasteiger partial charge in [0.1, 0.15) is 5.75 Å². The Morgan fingerprint density at radius 1 is 1.24 bits per heavy atom. The first kappa shape index (κ1) is 19.2. The molecule has 2 aromatic rings. The van der Waals surface area contributed by atoms with E-state index >= 15 is 0 Å². The number of rotatable bonds is 6. The highest BCUT2D eigenvalue weighted by Gasteiger charge is 2.08. The fourth-order valence-corrected chi connectivity index (χ4v) is 2.58. The molecule has 0 aliphatic carbocycles. The van der Waals surface area contributed by atoms with Gasteiger partial charge in [0.15, 0.2) is 0 Å². The topological polar surface area (TPSA) is 80.3 Å². The molecule has 1 aromatic heterocycles. The van der Waals surface area contributed by atoms with Crippen LogP contribution in [0.4, 0.5) is 0 Å². The molecular formula is C17H17BrClN3O3. The van der Waals surface area contributed by atoms with Crippen LogP contribution in [0.3, 0.4) is 0 Å². The van der Waals surface area contributed by atoms with E-state index in [4.69, 9.17) is 16.3 Å². The van der Waals surface area contributed by atoms with Crippen molar-refractivity contribution < 1.29 is 14.3 Å². The number of aryl methyl sites for hydroxylation is 1. The molecule has 0 aliphatic heterocycles. The SMILES string of the molecule is Cc1cc(Cl)ccc1OCCCC(=O)NNC(=O)c1cncc(Br)c1. The molecule has 25 heavy (non-hydrogen) atoms. The Labute approximate surface area is 159 Å². The first-order valence-electron chi connectivity index (χ1n) is 7.54. The van der Waals surface area contributed by atoms with Crippen LogP contribution in [0, 0.1) is 6.92 Å². The van der Waals surface area contributed by atoms with Crippen molar-refractivity contribution >= 4 is 39.3 Å². The number of hydrazine groups is 1. The van der Waals surface area contributed by atoms with Crippen LogP contribution in [0.5, 0.6) is 5.75 Å². The zero-order chi connectivity index (χ0) is 18.2. The predicted octanol–water partition coefficient (Wildman–Crippen LogP) is 3.43. The molecule has 2 N–H and O–H groups in total. The van der Waals surface area contributed by atoms with Crippen LogP contribution in [-0.4, -0.2) is 23.4 Å². The first-order valence-corrected chi connectivity index (χ1v) is 8.71. The van der Waals surface area contributed by atoms with E-state index in [1.54, 1.807) is 24.4 Å².